The van der Waals surface area contributed by atoms with Crippen molar-refractivity contribution in [2.24, 2.45) is 0 Å². The fourth-order valence-electron chi connectivity index (χ4n) is 1.51. The van der Waals surface area contributed by atoms with Crippen LogP contribution < -0.4 is 5.32 Å². The molecule has 0 aliphatic heterocycles. The van der Waals surface area contributed by atoms with E-state index in [1.54, 1.807) is 18.2 Å². The molecule has 0 aliphatic carbocycles. The summed E-state index contributed by atoms with van der Waals surface area (Å²) in [6.07, 6.45) is 1.70. The molecule has 94 valence electrons. The summed E-state index contributed by atoms with van der Waals surface area (Å²) in [6, 6.07) is 5.01. The van der Waals surface area contributed by atoms with Crippen molar-refractivity contribution in [1.29, 1.82) is 0 Å². The maximum Gasteiger partial charge on any atom is 0.255 e. The lowest BCUT2D eigenvalue weighted by molar-refractivity contribution is 0.0950. The van der Waals surface area contributed by atoms with Crippen LogP contribution in [0.15, 0.2) is 18.2 Å². The number of phenolic OH excluding ortho intramolecular Hbond substituents is 1. The minimum atomic E-state index is -0.246. The maximum atomic E-state index is 11.7. The first-order chi connectivity index (χ1) is 8.00. The van der Waals surface area contributed by atoms with Gasteiger partial charge in [-0.15, -0.1) is 11.6 Å². The number of carbonyl (C=O) groups excluding carboxylic acids is 1. The first-order valence-corrected chi connectivity index (χ1v) is 6.16. The Hall–Kier alpha value is -1.22. The summed E-state index contributed by atoms with van der Waals surface area (Å²) in [6.45, 7) is 4.36. The van der Waals surface area contributed by atoms with E-state index in [1.165, 1.54) is 0 Å². The van der Waals surface area contributed by atoms with Crippen LogP contribution >= 0.6 is 11.6 Å². The van der Waals surface area contributed by atoms with E-state index in [-0.39, 0.29) is 17.0 Å². The number of hydrogen-bond donors (Lipinski definition) is 2. The van der Waals surface area contributed by atoms with E-state index in [4.69, 9.17) is 11.6 Å². The van der Waals surface area contributed by atoms with Gasteiger partial charge in [-0.2, -0.15) is 0 Å². The van der Waals surface area contributed by atoms with Crippen LogP contribution in [0.1, 0.15) is 35.7 Å². The molecule has 17 heavy (non-hydrogen) atoms. The zero-order chi connectivity index (χ0) is 12.8. The molecule has 0 spiro atoms. The summed E-state index contributed by atoms with van der Waals surface area (Å²) in [4.78, 5) is 11.7. The number of aryl methyl sites for hydroxylation is 1. The van der Waals surface area contributed by atoms with Gasteiger partial charge in [-0.05, 0) is 44.4 Å². The van der Waals surface area contributed by atoms with E-state index in [9.17, 15) is 9.90 Å². The predicted octanol–water partition coefficient (Wildman–Crippen LogP) is 2.84. The van der Waals surface area contributed by atoms with E-state index < -0.39 is 0 Å². The summed E-state index contributed by atoms with van der Waals surface area (Å²) < 4.78 is 0. The molecule has 0 saturated heterocycles. The molecule has 1 unspecified atom stereocenters. The van der Waals surface area contributed by atoms with Crippen molar-refractivity contribution in [3.05, 3.63) is 29.3 Å². The number of phenols is 1. The molecular formula is C13H18ClNO2. The minimum Gasteiger partial charge on any atom is -0.507 e. The molecule has 1 rings (SSSR count). The Morgan fingerprint density at radius 3 is 2.82 bits per heavy atom. The molecule has 0 fully saturated rings. The van der Waals surface area contributed by atoms with Crippen molar-refractivity contribution in [2.45, 2.75) is 32.1 Å². The lowest BCUT2D eigenvalue weighted by Crippen LogP contribution is -2.24. The maximum absolute atomic E-state index is 11.7. The van der Waals surface area contributed by atoms with Crippen LogP contribution in [0.25, 0.3) is 0 Å². The minimum absolute atomic E-state index is 0.0215. The van der Waals surface area contributed by atoms with Gasteiger partial charge in [0.1, 0.15) is 5.75 Å². The molecule has 0 aliphatic rings. The molecule has 0 aromatic heterocycles. The van der Waals surface area contributed by atoms with Gasteiger partial charge in [-0.1, -0.05) is 6.07 Å². The Kier molecular flexibility index (Phi) is 5.29. The second-order valence-electron chi connectivity index (χ2n) is 4.20. The molecule has 1 atom stereocenters. The molecular weight excluding hydrogens is 238 g/mol. The highest BCUT2D eigenvalue weighted by molar-refractivity contribution is 6.20. The average Bonchev–Trinajstić information content (AvgIpc) is 2.23. The quantitative estimate of drug-likeness (QED) is 0.628. The highest BCUT2D eigenvalue weighted by Crippen LogP contribution is 2.18. The summed E-state index contributed by atoms with van der Waals surface area (Å²) >= 11 is 5.80. The molecule has 0 radical (unpaired) electrons. The number of benzene rings is 1. The van der Waals surface area contributed by atoms with Crippen molar-refractivity contribution < 1.29 is 9.90 Å². The van der Waals surface area contributed by atoms with Gasteiger partial charge < -0.3 is 10.4 Å². The molecule has 2 N–H and O–H groups in total. The Labute approximate surface area is 107 Å². The van der Waals surface area contributed by atoms with Crippen LogP contribution in [-0.2, 0) is 0 Å². The second kappa shape index (κ2) is 6.50. The van der Waals surface area contributed by atoms with Gasteiger partial charge in [0, 0.05) is 11.9 Å². The van der Waals surface area contributed by atoms with Gasteiger partial charge in [-0.25, -0.2) is 0 Å². The molecule has 1 amide bonds. The molecule has 3 nitrogen and oxygen atoms in total. The van der Waals surface area contributed by atoms with E-state index in [1.807, 2.05) is 13.8 Å². The number of rotatable bonds is 5. The third-order valence-electron chi connectivity index (χ3n) is 2.46. The van der Waals surface area contributed by atoms with Crippen LogP contribution in [0.5, 0.6) is 5.75 Å². The number of hydrogen-bond acceptors (Lipinski definition) is 2. The number of halogens is 1. The number of aromatic hydroxyl groups is 1. The van der Waals surface area contributed by atoms with Crippen molar-refractivity contribution in [2.75, 3.05) is 6.54 Å². The van der Waals surface area contributed by atoms with Gasteiger partial charge in [0.2, 0.25) is 0 Å². The van der Waals surface area contributed by atoms with Gasteiger partial charge in [-0.3, -0.25) is 4.79 Å². The van der Waals surface area contributed by atoms with Gasteiger partial charge >= 0.3 is 0 Å². The predicted molar refractivity (Wildman–Crippen MR) is 69.7 cm³/mol. The third-order valence-corrected chi connectivity index (χ3v) is 2.68. The smallest absolute Gasteiger partial charge is 0.255 e. The van der Waals surface area contributed by atoms with E-state index in [2.05, 4.69) is 5.32 Å². The second-order valence-corrected chi connectivity index (χ2v) is 4.94. The Morgan fingerprint density at radius 1 is 1.53 bits per heavy atom. The Balaban J connectivity index is 2.47. The number of nitrogens with one attached hydrogen (secondary N) is 1. The molecule has 1 aromatic rings. The Morgan fingerprint density at radius 2 is 2.24 bits per heavy atom. The van der Waals surface area contributed by atoms with Gasteiger partial charge in [0.25, 0.3) is 5.91 Å². The number of alkyl halides is 1. The highest BCUT2D eigenvalue weighted by Gasteiger charge is 2.10. The lowest BCUT2D eigenvalue weighted by Gasteiger charge is -2.08. The van der Waals surface area contributed by atoms with Crippen molar-refractivity contribution >= 4 is 17.5 Å². The topological polar surface area (TPSA) is 49.3 Å². The van der Waals surface area contributed by atoms with Crippen LogP contribution in [-0.4, -0.2) is 22.9 Å². The fourth-order valence-corrected chi connectivity index (χ4v) is 1.67. The average molecular weight is 256 g/mol. The summed E-state index contributed by atoms with van der Waals surface area (Å²) in [7, 11) is 0. The summed E-state index contributed by atoms with van der Waals surface area (Å²) in [5, 5.41) is 12.5. The Bertz CT molecular complexity index is 391. The van der Waals surface area contributed by atoms with E-state index in [0.717, 1.165) is 18.4 Å². The van der Waals surface area contributed by atoms with Crippen LogP contribution in [0.4, 0.5) is 0 Å². The van der Waals surface area contributed by atoms with Crippen molar-refractivity contribution in [1.82, 2.24) is 5.32 Å². The monoisotopic (exact) mass is 255 g/mol. The zero-order valence-corrected chi connectivity index (χ0v) is 10.9. The third kappa shape index (κ3) is 4.65. The largest absolute Gasteiger partial charge is 0.507 e. The van der Waals surface area contributed by atoms with Gasteiger partial charge in [0.05, 0.1) is 5.56 Å². The molecule has 4 heteroatoms. The van der Waals surface area contributed by atoms with E-state index >= 15 is 0 Å². The molecule has 0 heterocycles. The van der Waals surface area contributed by atoms with Crippen LogP contribution in [0.2, 0.25) is 0 Å². The standard InChI is InChI=1S/C13H18ClNO2/c1-9-5-6-11(12(16)8-9)13(17)15-7-3-4-10(2)14/h5-6,8,10,16H,3-4,7H2,1-2H3,(H,15,17). The fraction of sp³-hybridized carbons (Fsp3) is 0.462. The molecule has 0 bridgehead atoms. The van der Waals surface area contributed by atoms with Crippen molar-refractivity contribution in [3.8, 4) is 5.75 Å². The molecule has 0 saturated carbocycles. The normalized spacial score (nSPS) is 12.2. The lowest BCUT2D eigenvalue weighted by atomic mass is 10.1. The SMILES string of the molecule is Cc1ccc(C(=O)NCCCC(C)Cl)c(O)c1. The van der Waals surface area contributed by atoms with Crippen molar-refractivity contribution in [3.63, 3.8) is 0 Å². The van der Waals surface area contributed by atoms with Crippen LogP contribution in [0.3, 0.4) is 0 Å². The van der Waals surface area contributed by atoms with E-state index in [0.29, 0.717) is 12.1 Å². The highest BCUT2D eigenvalue weighted by atomic mass is 35.5. The summed E-state index contributed by atoms with van der Waals surface area (Å²) in [5.74, 6) is -0.224. The molecule has 1 aromatic carbocycles. The van der Waals surface area contributed by atoms with Gasteiger partial charge in [0.15, 0.2) is 0 Å². The first-order valence-electron chi connectivity index (χ1n) is 5.72. The zero-order valence-electron chi connectivity index (χ0n) is 10.2. The number of carbonyl (C=O) groups is 1. The number of amides is 1. The van der Waals surface area contributed by atoms with Crippen LogP contribution in [0, 0.1) is 6.92 Å². The first kappa shape index (κ1) is 13.8. The summed E-state index contributed by atoms with van der Waals surface area (Å²) in [5.41, 5.74) is 1.24.